The molecule has 5 nitrogen and oxygen atoms in total. The Hall–Kier alpha value is -1.36. The van der Waals surface area contributed by atoms with Gasteiger partial charge in [-0.1, -0.05) is 13.3 Å². The molecule has 1 aromatic heterocycles. The number of aliphatic hydroxyl groups is 1. The zero-order valence-electron chi connectivity index (χ0n) is 11.4. The lowest BCUT2D eigenvalue weighted by Crippen LogP contribution is -2.30. The third-order valence-corrected chi connectivity index (χ3v) is 3.04. The van der Waals surface area contributed by atoms with Gasteiger partial charge in [0.1, 0.15) is 0 Å². The highest BCUT2D eigenvalue weighted by Crippen LogP contribution is 2.10. The Labute approximate surface area is 108 Å². The van der Waals surface area contributed by atoms with Crippen molar-refractivity contribution in [3.05, 3.63) is 17.5 Å². The van der Waals surface area contributed by atoms with E-state index in [9.17, 15) is 4.79 Å². The molecule has 102 valence electrons. The third-order valence-electron chi connectivity index (χ3n) is 3.04. The van der Waals surface area contributed by atoms with Crippen LogP contribution in [0, 0.1) is 12.8 Å². The molecular formula is C13H23N3O2. The topological polar surface area (TPSA) is 67.2 Å². The molecule has 5 heteroatoms. The van der Waals surface area contributed by atoms with E-state index < -0.39 is 0 Å². The zero-order chi connectivity index (χ0) is 13.5. The van der Waals surface area contributed by atoms with E-state index in [0.717, 1.165) is 25.0 Å². The molecule has 1 aromatic rings. The molecule has 0 bridgehead atoms. The molecular weight excluding hydrogens is 230 g/mol. The maximum atomic E-state index is 12.0. The molecule has 0 aliphatic heterocycles. The number of nitrogens with zero attached hydrogens (tertiary/aromatic N) is 2. The molecule has 0 radical (unpaired) electrons. The maximum absolute atomic E-state index is 12.0. The highest BCUT2D eigenvalue weighted by Gasteiger charge is 2.14. The van der Waals surface area contributed by atoms with Gasteiger partial charge < -0.3 is 10.4 Å². The molecule has 1 unspecified atom stereocenters. The minimum Gasteiger partial charge on any atom is -0.396 e. The Morgan fingerprint density at radius 2 is 2.28 bits per heavy atom. The molecule has 0 spiro atoms. The summed E-state index contributed by atoms with van der Waals surface area (Å²) in [6.07, 6.45) is 4.55. The van der Waals surface area contributed by atoms with Gasteiger partial charge in [0.05, 0.1) is 11.3 Å². The van der Waals surface area contributed by atoms with E-state index in [1.807, 2.05) is 6.92 Å². The Morgan fingerprint density at radius 3 is 2.78 bits per heavy atom. The molecule has 1 rings (SSSR count). The number of carbonyl (C=O) groups is 1. The first-order valence-corrected chi connectivity index (χ1v) is 6.47. The first-order chi connectivity index (χ1) is 8.58. The van der Waals surface area contributed by atoms with Gasteiger partial charge in [0.25, 0.3) is 5.91 Å². The second kappa shape index (κ2) is 7.16. The number of amides is 1. The second-order valence-corrected chi connectivity index (χ2v) is 4.68. The van der Waals surface area contributed by atoms with Crippen molar-refractivity contribution in [1.82, 2.24) is 15.1 Å². The standard InChI is InChI=1S/C13H23N3O2/c1-4-5-11(6-7-17)8-14-13(18)12-9-16(3)15-10(12)2/h9,11,17H,4-8H2,1-3H3,(H,14,18). The van der Waals surface area contributed by atoms with E-state index in [4.69, 9.17) is 5.11 Å². The number of nitrogens with one attached hydrogen (secondary N) is 1. The van der Waals surface area contributed by atoms with E-state index in [0.29, 0.717) is 18.0 Å². The SMILES string of the molecule is CCCC(CCO)CNC(=O)c1cn(C)nc1C. The number of hydrogen-bond acceptors (Lipinski definition) is 3. The minimum atomic E-state index is -0.0837. The van der Waals surface area contributed by atoms with Crippen LogP contribution < -0.4 is 5.32 Å². The Morgan fingerprint density at radius 1 is 1.56 bits per heavy atom. The molecule has 0 saturated carbocycles. The van der Waals surface area contributed by atoms with Crippen LogP contribution in [-0.2, 0) is 7.05 Å². The fourth-order valence-corrected chi connectivity index (χ4v) is 2.09. The van der Waals surface area contributed by atoms with E-state index in [-0.39, 0.29) is 12.5 Å². The Bertz CT molecular complexity index is 382. The van der Waals surface area contributed by atoms with Gasteiger partial charge >= 0.3 is 0 Å². The molecule has 0 aliphatic rings. The van der Waals surface area contributed by atoms with Crippen LogP contribution in [0.2, 0.25) is 0 Å². The van der Waals surface area contributed by atoms with Crippen molar-refractivity contribution in [3.63, 3.8) is 0 Å². The second-order valence-electron chi connectivity index (χ2n) is 4.68. The normalized spacial score (nSPS) is 12.4. The predicted molar refractivity (Wildman–Crippen MR) is 70.4 cm³/mol. The van der Waals surface area contributed by atoms with Crippen LogP contribution in [0.5, 0.6) is 0 Å². The smallest absolute Gasteiger partial charge is 0.254 e. The summed E-state index contributed by atoms with van der Waals surface area (Å²) >= 11 is 0. The van der Waals surface area contributed by atoms with Crippen LogP contribution in [0.25, 0.3) is 0 Å². The zero-order valence-corrected chi connectivity index (χ0v) is 11.4. The summed E-state index contributed by atoms with van der Waals surface area (Å²) in [6.45, 7) is 4.72. The van der Waals surface area contributed by atoms with Gasteiger partial charge in [-0.3, -0.25) is 9.48 Å². The monoisotopic (exact) mass is 253 g/mol. The van der Waals surface area contributed by atoms with Crippen molar-refractivity contribution < 1.29 is 9.90 Å². The molecule has 0 aliphatic carbocycles. The molecule has 1 amide bonds. The van der Waals surface area contributed by atoms with E-state index in [2.05, 4.69) is 17.3 Å². The molecule has 0 fully saturated rings. The van der Waals surface area contributed by atoms with Crippen molar-refractivity contribution >= 4 is 5.91 Å². The van der Waals surface area contributed by atoms with E-state index in [1.165, 1.54) is 0 Å². The van der Waals surface area contributed by atoms with Crippen LogP contribution in [-0.4, -0.2) is 33.9 Å². The maximum Gasteiger partial charge on any atom is 0.254 e. The van der Waals surface area contributed by atoms with Gasteiger partial charge in [-0.25, -0.2) is 0 Å². The summed E-state index contributed by atoms with van der Waals surface area (Å²) in [5.41, 5.74) is 1.36. The Balaban J connectivity index is 2.51. The van der Waals surface area contributed by atoms with Crippen LogP contribution in [0.3, 0.4) is 0 Å². The van der Waals surface area contributed by atoms with Crippen LogP contribution in [0.4, 0.5) is 0 Å². The van der Waals surface area contributed by atoms with E-state index >= 15 is 0 Å². The molecule has 0 aromatic carbocycles. The molecule has 1 heterocycles. The molecule has 2 N–H and O–H groups in total. The summed E-state index contributed by atoms with van der Waals surface area (Å²) in [5, 5.41) is 16.0. The van der Waals surface area contributed by atoms with Gasteiger partial charge in [-0.2, -0.15) is 5.10 Å². The minimum absolute atomic E-state index is 0.0837. The number of aryl methyl sites for hydroxylation is 2. The van der Waals surface area contributed by atoms with Crippen molar-refractivity contribution in [3.8, 4) is 0 Å². The third kappa shape index (κ3) is 4.14. The van der Waals surface area contributed by atoms with Gasteiger partial charge in [-0.05, 0) is 25.7 Å². The average molecular weight is 253 g/mol. The first-order valence-electron chi connectivity index (χ1n) is 6.47. The highest BCUT2D eigenvalue weighted by molar-refractivity contribution is 5.94. The summed E-state index contributed by atoms with van der Waals surface area (Å²) < 4.78 is 1.64. The van der Waals surface area contributed by atoms with Crippen molar-refractivity contribution in [1.29, 1.82) is 0 Å². The Kier molecular flexibility index (Phi) is 5.85. The number of aliphatic hydroxyl groups excluding tert-OH is 1. The van der Waals surface area contributed by atoms with Gasteiger partial charge in [0.15, 0.2) is 0 Å². The average Bonchev–Trinajstić information content (AvgIpc) is 2.65. The van der Waals surface area contributed by atoms with Crippen LogP contribution >= 0.6 is 0 Å². The summed E-state index contributed by atoms with van der Waals surface area (Å²) in [7, 11) is 1.80. The number of hydrogen-bond donors (Lipinski definition) is 2. The quantitative estimate of drug-likeness (QED) is 0.768. The van der Waals surface area contributed by atoms with Crippen molar-refractivity contribution in [2.75, 3.05) is 13.2 Å². The van der Waals surface area contributed by atoms with Crippen molar-refractivity contribution in [2.45, 2.75) is 33.1 Å². The molecule has 0 saturated heterocycles. The number of carbonyl (C=O) groups excluding carboxylic acids is 1. The van der Waals surface area contributed by atoms with Gasteiger partial charge in [0.2, 0.25) is 0 Å². The van der Waals surface area contributed by atoms with Crippen LogP contribution in [0.1, 0.15) is 42.2 Å². The van der Waals surface area contributed by atoms with E-state index in [1.54, 1.807) is 17.9 Å². The lowest BCUT2D eigenvalue weighted by Gasteiger charge is -2.15. The number of rotatable bonds is 7. The predicted octanol–water partition coefficient (Wildman–Crippen LogP) is 1.26. The highest BCUT2D eigenvalue weighted by atomic mass is 16.3. The fraction of sp³-hybridized carbons (Fsp3) is 0.692. The fourth-order valence-electron chi connectivity index (χ4n) is 2.09. The van der Waals surface area contributed by atoms with Crippen LogP contribution in [0.15, 0.2) is 6.20 Å². The summed E-state index contributed by atoms with van der Waals surface area (Å²) in [4.78, 5) is 12.0. The number of aromatic nitrogens is 2. The van der Waals surface area contributed by atoms with Crippen molar-refractivity contribution in [2.24, 2.45) is 13.0 Å². The summed E-state index contributed by atoms with van der Waals surface area (Å²) in [6, 6.07) is 0. The first kappa shape index (κ1) is 14.7. The lowest BCUT2D eigenvalue weighted by molar-refractivity contribution is 0.0942. The molecule has 1 atom stereocenters. The van der Waals surface area contributed by atoms with Gasteiger partial charge in [0, 0.05) is 26.4 Å². The largest absolute Gasteiger partial charge is 0.396 e. The van der Waals surface area contributed by atoms with Gasteiger partial charge in [-0.15, -0.1) is 0 Å². The lowest BCUT2D eigenvalue weighted by atomic mass is 10.00. The molecule has 18 heavy (non-hydrogen) atoms. The summed E-state index contributed by atoms with van der Waals surface area (Å²) in [5.74, 6) is 0.264.